The zero-order chi connectivity index (χ0) is 9.56. The van der Waals surface area contributed by atoms with Crippen molar-refractivity contribution in [3.05, 3.63) is 0 Å². The Morgan fingerprint density at radius 2 is 2.17 bits per heavy atom. The summed E-state index contributed by atoms with van der Waals surface area (Å²) in [6.45, 7) is 4.60. The minimum absolute atomic E-state index is 0.158. The van der Waals surface area contributed by atoms with Gasteiger partial charge in [-0.2, -0.15) is 5.26 Å². The smallest absolute Gasteiger partial charge is 0.0638 e. The van der Waals surface area contributed by atoms with Crippen molar-refractivity contribution in [3.8, 4) is 6.07 Å². The molecule has 0 saturated heterocycles. The van der Waals surface area contributed by atoms with Gasteiger partial charge in [-0.25, -0.2) is 0 Å². The molecule has 0 aliphatic heterocycles. The lowest BCUT2D eigenvalue weighted by Gasteiger charge is -2.13. The van der Waals surface area contributed by atoms with Gasteiger partial charge in [0.05, 0.1) is 12.5 Å². The average Bonchev–Trinajstić information content (AvgIpc) is 2.00. The van der Waals surface area contributed by atoms with Crippen molar-refractivity contribution in [2.24, 2.45) is 0 Å². The topological polar surface area (TPSA) is 52.9 Å². The van der Waals surface area contributed by atoms with Crippen molar-refractivity contribution >= 4 is 10.8 Å². The molecule has 0 aromatic heterocycles. The summed E-state index contributed by atoms with van der Waals surface area (Å²) in [5, 5.41) is 11.7. The van der Waals surface area contributed by atoms with Crippen LogP contribution in [-0.4, -0.2) is 28.3 Å². The third-order valence-corrected chi connectivity index (χ3v) is 3.02. The number of nitriles is 1. The predicted molar refractivity (Wildman–Crippen MR) is 51.2 cm³/mol. The van der Waals surface area contributed by atoms with Crippen LogP contribution in [0.5, 0.6) is 0 Å². The van der Waals surface area contributed by atoms with Gasteiger partial charge in [-0.15, -0.1) is 0 Å². The zero-order valence-corrected chi connectivity index (χ0v) is 8.65. The van der Waals surface area contributed by atoms with E-state index in [1.54, 1.807) is 6.26 Å². The van der Waals surface area contributed by atoms with Crippen LogP contribution in [0, 0.1) is 11.3 Å². The Morgan fingerprint density at radius 3 is 2.58 bits per heavy atom. The number of nitrogens with one attached hydrogen (secondary N) is 1. The molecule has 12 heavy (non-hydrogen) atoms. The van der Waals surface area contributed by atoms with Gasteiger partial charge in [-0.1, -0.05) is 0 Å². The van der Waals surface area contributed by atoms with Crippen LogP contribution in [0.25, 0.3) is 0 Å². The van der Waals surface area contributed by atoms with Crippen LogP contribution in [0.15, 0.2) is 0 Å². The Bertz CT molecular complexity index is 188. The molecule has 0 radical (unpaired) electrons. The molecule has 0 aromatic carbocycles. The third kappa shape index (κ3) is 5.28. The Labute approximate surface area is 76.6 Å². The lowest BCUT2D eigenvalue weighted by atomic mass is 10.2. The van der Waals surface area contributed by atoms with Crippen molar-refractivity contribution in [1.82, 2.24) is 5.32 Å². The Hall–Kier alpha value is -0.400. The number of hydrogen-bond donors (Lipinski definition) is 1. The molecule has 4 heteroatoms. The van der Waals surface area contributed by atoms with Gasteiger partial charge in [0.15, 0.2) is 0 Å². The number of rotatable bonds is 5. The Morgan fingerprint density at radius 1 is 1.58 bits per heavy atom. The average molecular weight is 188 g/mol. The van der Waals surface area contributed by atoms with Gasteiger partial charge in [0.2, 0.25) is 0 Å². The summed E-state index contributed by atoms with van der Waals surface area (Å²) in [4.78, 5) is 0. The molecular formula is C8H16N2OS. The van der Waals surface area contributed by atoms with E-state index in [1.807, 2.05) is 13.8 Å². The third-order valence-electron chi connectivity index (χ3n) is 1.72. The van der Waals surface area contributed by atoms with E-state index >= 15 is 0 Å². The summed E-state index contributed by atoms with van der Waals surface area (Å²) in [5.41, 5.74) is 0. The van der Waals surface area contributed by atoms with Crippen molar-refractivity contribution in [1.29, 1.82) is 5.26 Å². The lowest BCUT2D eigenvalue weighted by molar-refractivity contribution is 0.554. The quantitative estimate of drug-likeness (QED) is 0.689. The fourth-order valence-electron chi connectivity index (χ4n) is 0.694. The number of hydrogen-bond acceptors (Lipinski definition) is 3. The first-order chi connectivity index (χ1) is 5.57. The van der Waals surface area contributed by atoms with E-state index in [1.165, 1.54) is 0 Å². The molecule has 0 saturated carbocycles. The summed E-state index contributed by atoms with van der Waals surface area (Å²) < 4.78 is 10.9. The van der Waals surface area contributed by atoms with E-state index in [2.05, 4.69) is 11.4 Å². The second-order valence-corrected chi connectivity index (χ2v) is 4.78. The highest BCUT2D eigenvalue weighted by atomic mass is 32.2. The zero-order valence-electron chi connectivity index (χ0n) is 7.83. The van der Waals surface area contributed by atoms with E-state index < -0.39 is 10.8 Å². The molecule has 0 heterocycles. The first kappa shape index (κ1) is 11.6. The van der Waals surface area contributed by atoms with Gasteiger partial charge in [0, 0.05) is 34.9 Å². The fourth-order valence-corrected chi connectivity index (χ4v) is 1.02. The fraction of sp³-hybridized carbons (Fsp3) is 0.875. The molecule has 3 atom stereocenters. The normalized spacial score (nSPS) is 17.8. The maximum absolute atomic E-state index is 10.9. The van der Waals surface area contributed by atoms with Crippen molar-refractivity contribution in [3.63, 3.8) is 0 Å². The standard InChI is InChI=1S/C8H16N2OS/c1-7(4-5-9)10-6-8(2)12(3)11/h7-8,10H,4,6H2,1-3H3. The van der Waals surface area contributed by atoms with Crippen molar-refractivity contribution < 1.29 is 4.21 Å². The molecule has 0 spiro atoms. The molecule has 0 aromatic rings. The molecule has 0 aliphatic rings. The highest BCUT2D eigenvalue weighted by molar-refractivity contribution is 7.84. The second-order valence-electron chi connectivity index (χ2n) is 2.98. The SMILES string of the molecule is CC(CC#N)NCC(C)S(C)=O. The summed E-state index contributed by atoms with van der Waals surface area (Å²) in [6, 6.07) is 2.28. The van der Waals surface area contributed by atoms with Gasteiger partial charge in [0.25, 0.3) is 0 Å². The molecule has 0 amide bonds. The van der Waals surface area contributed by atoms with Gasteiger partial charge >= 0.3 is 0 Å². The number of nitrogens with zero attached hydrogens (tertiary/aromatic N) is 1. The Kier molecular flexibility index (Phi) is 5.95. The molecule has 70 valence electrons. The summed E-state index contributed by atoms with van der Waals surface area (Å²) in [7, 11) is -0.776. The minimum Gasteiger partial charge on any atom is -0.312 e. The van der Waals surface area contributed by atoms with Crippen LogP contribution < -0.4 is 5.32 Å². The van der Waals surface area contributed by atoms with Crippen LogP contribution in [0.1, 0.15) is 20.3 Å². The maximum atomic E-state index is 10.9. The maximum Gasteiger partial charge on any atom is 0.0638 e. The molecule has 0 fully saturated rings. The van der Waals surface area contributed by atoms with Crippen LogP contribution in [0.2, 0.25) is 0 Å². The van der Waals surface area contributed by atoms with Crippen LogP contribution in [0.3, 0.4) is 0 Å². The summed E-state index contributed by atoms with van der Waals surface area (Å²) in [5.74, 6) is 0. The van der Waals surface area contributed by atoms with Crippen molar-refractivity contribution in [2.75, 3.05) is 12.8 Å². The second kappa shape index (κ2) is 6.15. The molecule has 0 aliphatic carbocycles. The van der Waals surface area contributed by atoms with Gasteiger partial charge in [0.1, 0.15) is 0 Å². The van der Waals surface area contributed by atoms with E-state index in [0.717, 1.165) is 0 Å². The summed E-state index contributed by atoms with van der Waals surface area (Å²) >= 11 is 0. The predicted octanol–water partition coefficient (Wildman–Crippen LogP) is 0.645. The van der Waals surface area contributed by atoms with Gasteiger partial charge < -0.3 is 5.32 Å². The lowest BCUT2D eigenvalue weighted by Crippen LogP contribution is -2.33. The highest BCUT2D eigenvalue weighted by Crippen LogP contribution is 1.93. The minimum atomic E-state index is -0.776. The summed E-state index contributed by atoms with van der Waals surface area (Å²) in [6.07, 6.45) is 2.20. The molecule has 3 unspecified atom stereocenters. The van der Waals surface area contributed by atoms with Crippen molar-refractivity contribution in [2.45, 2.75) is 31.6 Å². The van der Waals surface area contributed by atoms with Gasteiger partial charge in [-0.3, -0.25) is 4.21 Å². The molecule has 1 N–H and O–H groups in total. The molecule has 3 nitrogen and oxygen atoms in total. The molecule has 0 rings (SSSR count). The van der Waals surface area contributed by atoms with Gasteiger partial charge in [-0.05, 0) is 13.8 Å². The highest BCUT2D eigenvalue weighted by Gasteiger charge is 2.07. The van der Waals surface area contributed by atoms with E-state index in [9.17, 15) is 4.21 Å². The van der Waals surface area contributed by atoms with Crippen LogP contribution >= 0.6 is 0 Å². The van der Waals surface area contributed by atoms with Crippen LogP contribution in [0.4, 0.5) is 0 Å². The monoisotopic (exact) mass is 188 g/mol. The Balaban J connectivity index is 3.55. The largest absolute Gasteiger partial charge is 0.312 e. The molecule has 0 bridgehead atoms. The first-order valence-electron chi connectivity index (χ1n) is 4.00. The van der Waals surface area contributed by atoms with E-state index in [4.69, 9.17) is 5.26 Å². The van der Waals surface area contributed by atoms with E-state index in [-0.39, 0.29) is 11.3 Å². The first-order valence-corrected chi connectivity index (χ1v) is 5.62. The molecular weight excluding hydrogens is 172 g/mol. The van der Waals surface area contributed by atoms with E-state index in [0.29, 0.717) is 13.0 Å². The van der Waals surface area contributed by atoms with Crippen LogP contribution in [-0.2, 0) is 10.8 Å².